The van der Waals surface area contributed by atoms with Crippen LogP contribution < -0.4 is 5.73 Å². The first-order chi connectivity index (χ1) is 5.73. The molecule has 1 unspecified atom stereocenters. The lowest BCUT2D eigenvalue weighted by Gasteiger charge is -2.25. The van der Waals surface area contributed by atoms with Gasteiger partial charge < -0.3 is 5.73 Å². The molecular formula is C10H15NS. The first-order valence-corrected chi connectivity index (χ1v) is 5.04. The highest BCUT2D eigenvalue weighted by Crippen LogP contribution is 2.29. The Morgan fingerprint density at radius 1 is 1.75 bits per heavy atom. The third-order valence-electron chi connectivity index (χ3n) is 2.15. The molecule has 2 heteroatoms. The molecule has 0 amide bonds. The Balaban J connectivity index is 2.87. The summed E-state index contributed by atoms with van der Waals surface area (Å²) in [7, 11) is 0. The van der Waals surface area contributed by atoms with Gasteiger partial charge in [-0.15, -0.1) is 17.9 Å². The maximum absolute atomic E-state index is 6.21. The van der Waals surface area contributed by atoms with Crippen LogP contribution in [-0.2, 0) is 5.54 Å². The molecule has 12 heavy (non-hydrogen) atoms. The first-order valence-electron chi connectivity index (χ1n) is 4.16. The molecule has 0 aliphatic rings. The molecule has 0 radical (unpaired) electrons. The molecule has 0 saturated heterocycles. The van der Waals surface area contributed by atoms with E-state index in [2.05, 4.69) is 24.9 Å². The van der Waals surface area contributed by atoms with E-state index in [4.69, 9.17) is 5.73 Å². The summed E-state index contributed by atoms with van der Waals surface area (Å²) in [5.41, 5.74) is 6.03. The zero-order chi connectivity index (χ0) is 9.03. The van der Waals surface area contributed by atoms with Crippen LogP contribution in [0.5, 0.6) is 0 Å². The van der Waals surface area contributed by atoms with Crippen LogP contribution in [0.2, 0.25) is 0 Å². The standard InChI is InChI=1S/C10H15NS/c1-3-7-10(11,4-2)9-6-5-8-12-9/h3,5-6,8H,1,4,7,11H2,2H3. The predicted octanol–water partition coefficient (Wildman–Crippen LogP) is 2.89. The fraction of sp³-hybridized carbons (Fsp3) is 0.400. The molecule has 0 bridgehead atoms. The topological polar surface area (TPSA) is 26.0 Å². The van der Waals surface area contributed by atoms with Crippen molar-refractivity contribution in [3.05, 3.63) is 35.0 Å². The zero-order valence-corrected chi connectivity index (χ0v) is 8.23. The van der Waals surface area contributed by atoms with Crippen molar-refractivity contribution in [3.8, 4) is 0 Å². The minimum absolute atomic E-state index is 0.185. The van der Waals surface area contributed by atoms with Crippen molar-refractivity contribution < 1.29 is 0 Å². The van der Waals surface area contributed by atoms with E-state index < -0.39 is 0 Å². The van der Waals surface area contributed by atoms with E-state index >= 15 is 0 Å². The molecule has 0 aliphatic heterocycles. The lowest BCUT2D eigenvalue weighted by atomic mass is 9.92. The lowest BCUT2D eigenvalue weighted by molar-refractivity contribution is 0.443. The number of hydrogen-bond donors (Lipinski definition) is 1. The minimum Gasteiger partial charge on any atom is -0.320 e. The van der Waals surface area contributed by atoms with Gasteiger partial charge in [-0.05, 0) is 24.3 Å². The van der Waals surface area contributed by atoms with Gasteiger partial charge in [0.15, 0.2) is 0 Å². The highest BCUT2D eigenvalue weighted by Gasteiger charge is 2.24. The molecule has 0 aliphatic carbocycles. The molecule has 0 fully saturated rings. The van der Waals surface area contributed by atoms with Gasteiger partial charge in [-0.2, -0.15) is 0 Å². The SMILES string of the molecule is C=CCC(N)(CC)c1cccs1. The van der Waals surface area contributed by atoms with Gasteiger partial charge in [0.25, 0.3) is 0 Å². The van der Waals surface area contributed by atoms with Gasteiger partial charge in [-0.3, -0.25) is 0 Å². The average Bonchev–Trinajstić information content (AvgIpc) is 2.57. The van der Waals surface area contributed by atoms with Gasteiger partial charge in [-0.25, -0.2) is 0 Å². The van der Waals surface area contributed by atoms with Crippen molar-refractivity contribution in [3.63, 3.8) is 0 Å². The maximum Gasteiger partial charge on any atom is 0.0535 e. The third kappa shape index (κ3) is 1.76. The summed E-state index contributed by atoms with van der Waals surface area (Å²) in [4.78, 5) is 1.25. The Hall–Kier alpha value is -0.600. The minimum atomic E-state index is -0.185. The quantitative estimate of drug-likeness (QED) is 0.710. The molecule has 2 N–H and O–H groups in total. The molecule has 0 aromatic carbocycles. The van der Waals surface area contributed by atoms with Gasteiger partial charge in [0.1, 0.15) is 0 Å². The Kier molecular flexibility index (Phi) is 3.06. The van der Waals surface area contributed by atoms with Gasteiger partial charge in [0.05, 0.1) is 5.54 Å². The highest BCUT2D eigenvalue weighted by atomic mass is 32.1. The molecular weight excluding hydrogens is 166 g/mol. The Morgan fingerprint density at radius 3 is 2.92 bits per heavy atom. The molecule has 1 rings (SSSR count). The van der Waals surface area contributed by atoms with Gasteiger partial charge >= 0.3 is 0 Å². The van der Waals surface area contributed by atoms with E-state index in [1.54, 1.807) is 11.3 Å². The van der Waals surface area contributed by atoms with Crippen LogP contribution in [-0.4, -0.2) is 0 Å². The summed E-state index contributed by atoms with van der Waals surface area (Å²) in [5.74, 6) is 0. The summed E-state index contributed by atoms with van der Waals surface area (Å²) in [6.07, 6.45) is 3.70. The number of thiophene rings is 1. The van der Waals surface area contributed by atoms with Crippen molar-refractivity contribution in [2.45, 2.75) is 25.3 Å². The Morgan fingerprint density at radius 2 is 2.50 bits per heavy atom. The smallest absolute Gasteiger partial charge is 0.0535 e. The number of nitrogens with two attached hydrogens (primary N) is 1. The van der Waals surface area contributed by atoms with Crippen LogP contribution in [0.15, 0.2) is 30.2 Å². The van der Waals surface area contributed by atoms with Crippen molar-refractivity contribution in [1.29, 1.82) is 0 Å². The normalized spacial score (nSPS) is 15.5. The summed E-state index contributed by atoms with van der Waals surface area (Å²) in [6.45, 7) is 5.84. The van der Waals surface area contributed by atoms with Crippen LogP contribution in [0.3, 0.4) is 0 Å². The van der Waals surface area contributed by atoms with Crippen LogP contribution in [0.1, 0.15) is 24.6 Å². The fourth-order valence-corrected chi connectivity index (χ4v) is 2.16. The van der Waals surface area contributed by atoms with Gasteiger partial charge in [-0.1, -0.05) is 19.1 Å². The summed E-state index contributed by atoms with van der Waals surface area (Å²) < 4.78 is 0. The van der Waals surface area contributed by atoms with E-state index in [1.807, 2.05) is 12.1 Å². The molecule has 66 valence electrons. The molecule has 1 heterocycles. The van der Waals surface area contributed by atoms with Crippen LogP contribution >= 0.6 is 11.3 Å². The van der Waals surface area contributed by atoms with Crippen LogP contribution in [0.25, 0.3) is 0 Å². The van der Waals surface area contributed by atoms with Gasteiger partial charge in [0, 0.05) is 4.88 Å². The van der Waals surface area contributed by atoms with Crippen molar-refractivity contribution in [2.75, 3.05) is 0 Å². The zero-order valence-electron chi connectivity index (χ0n) is 7.42. The molecule has 1 aromatic rings. The molecule has 1 atom stereocenters. The fourth-order valence-electron chi connectivity index (χ4n) is 1.24. The first kappa shape index (κ1) is 9.49. The number of hydrogen-bond acceptors (Lipinski definition) is 2. The number of rotatable bonds is 4. The van der Waals surface area contributed by atoms with E-state index in [0.717, 1.165) is 12.8 Å². The van der Waals surface area contributed by atoms with E-state index in [0.29, 0.717) is 0 Å². The lowest BCUT2D eigenvalue weighted by Crippen LogP contribution is -2.34. The second-order valence-electron chi connectivity index (χ2n) is 2.98. The van der Waals surface area contributed by atoms with Crippen LogP contribution in [0, 0.1) is 0 Å². The monoisotopic (exact) mass is 181 g/mol. The van der Waals surface area contributed by atoms with E-state index in [1.165, 1.54) is 4.88 Å². The second-order valence-corrected chi connectivity index (χ2v) is 3.93. The summed E-state index contributed by atoms with van der Waals surface area (Å²) >= 11 is 1.72. The van der Waals surface area contributed by atoms with Crippen LogP contribution in [0.4, 0.5) is 0 Å². The Bertz CT molecular complexity index is 240. The van der Waals surface area contributed by atoms with Crippen molar-refractivity contribution in [2.24, 2.45) is 5.73 Å². The van der Waals surface area contributed by atoms with Gasteiger partial charge in [0.2, 0.25) is 0 Å². The summed E-state index contributed by atoms with van der Waals surface area (Å²) in [5, 5.41) is 2.07. The predicted molar refractivity (Wildman–Crippen MR) is 55.3 cm³/mol. The average molecular weight is 181 g/mol. The van der Waals surface area contributed by atoms with E-state index in [-0.39, 0.29) is 5.54 Å². The maximum atomic E-state index is 6.21. The summed E-state index contributed by atoms with van der Waals surface area (Å²) in [6, 6.07) is 4.14. The second kappa shape index (κ2) is 3.87. The van der Waals surface area contributed by atoms with E-state index in [9.17, 15) is 0 Å². The Labute approximate surface area is 77.9 Å². The molecule has 1 nitrogen and oxygen atoms in total. The van der Waals surface area contributed by atoms with Crippen molar-refractivity contribution in [1.82, 2.24) is 0 Å². The molecule has 0 spiro atoms. The third-order valence-corrected chi connectivity index (χ3v) is 3.24. The highest BCUT2D eigenvalue weighted by molar-refractivity contribution is 7.10. The molecule has 0 saturated carbocycles. The molecule has 1 aromatic heterocycles. The van der Waals surface area contributed by atoms with Crippen molar-refractivity contribution >= 4 is 11.3 Å². The largest absolute Gasteiger partial charge is 0.320 e.